The van der Waals surface area contributed by atoms with Crippen LogP contribution < -0.4 is 5.73 Å². The SMILES string of the molecule is CCc1ccc(CCCCN)s1. The van der Waals surface area contributed by atoms with Crippen molar-refractivity contribution in [2.24, 2.45) is 5.73 Å². The quantitative estimate of drug-likeness (QED) is 0.698. The first-order valence-electron chi connectivity index (χ1n) is 4.64. The number of thiophene rings is 1. The van der Waals surface area contributed by atoms with Crippen molar-refractivity contribution in [3.8, 4) is 0 Å². The first-order chi connectivity index (χ1) is 5.86. The highest BCUT2D eigenvalue weighted by Gasteiger charge is 1.97. The number of aryl methyl sites for hydroxylation is 2. The zero-order valence-corrected chi connectivity index (χ0v) is 8.49. The summed E-state index contributed by atoms with van der Waals surface area (Å²) in [5, 5.41) is 0. The third-order valence-corrected chi connectivity index (χ3v) is 3.23. The summed E-state index contributed by atoms with van der Waals surface area (Å²) in [4.78, 5) is 3.01. The summed E-state index contributed by atoms with van der Waals surface area (Å²) < 4.78 is 0. The third-order valence-electron chi connectivity index (χ3n) is 1.94. The number of nitrogens with two attached hydrogens (primary N) is 1. The Morgan fingerprint density at radius 3 is 2.58 bits per heavy atom. The molecule has 0 fully saturated rings. The molecule has 0 saturated heterocycles. The average molecular weight is 183 g/mol. The average Bonchev–Trinajstić information content (AvgIpc) is 2.53. The van der Waals surface area contributed by atoms with E-state index in [4.69, 9.17) is 5.73 Å². The van der Waals surface area contributed by atoms with Crippen LogP contribution in [0.3, 0.4) is 0 Å². The maximum Gasteiger partial charge on any atom is 0.00481 e. The lowest BCUT2D eigenvalue weighted by Crippen LogP contribution is -1.98. The molecular formula is C10H17NS. The minimum atomic E-state index is 0.825. The van der Waals surface area contributed by atoms with Crippen molar-refractivity contribution >= 4 is 11.3 Å². The number of hydrogen-bond acceptors (Lipinski definition) is 2. The van der Waals surface area contributed by atoms with Crippen molar-refractivity contribution in [1.82, 2.24) is 0 Å². The van der Waals surface area contributed by atoms with E-state index in [1.165, 1.54) is 29.0 Å². The van der Waals surface area contributed by atoms with Crippen LogP contribution in [0.5, 0.6) is 0 Å². The number of unbranched alkanes of at least 4 members (excludes halogenated alkanes) is 1. The van der Waals surface area contributed by atoms with E-state index in [2.05, 4.69) is 19.1 Å². The van der Waals surface area contributed by atoms with E-state index in [0.29, 0.717) is 0 Å². The van der Waals surface area contributed by atoms with Crippen LogP contribution in [-0.4, -0.2) is 6.54 Å². The van der Waals surface area contributed by atoms with Crippen LogP contribution in [0.15, 0.2) is 12.1 Å². The van der Waals surface area contributed by atoms with Crippen molar-refractivity contribution in [2.45, 2.75) is 32.6 Å². The topological polar surface area (TPSA) is 26.0 Å². The molecule has 0 radical (unpaired) electrons. The molecule has 1 heterocycles. The summed E-state index contributed by atoms with van der Waals surface area (Å²) in [6.07, 6.45) is 4.77. The normalized spacial score (nSPS) is 10.5. The first kappa shape index (κ1) is 9.75. The van der Waals surface area contributed by atoms with Gasteiger partial charge in [0.25, 0.3) is 0 Å². The zero-order valence-electron chi connectivity index (χ0n) is 7.68. The highest BCUT2D eigenvalue weighted by molar-refractivity contribution is 7.11. The Kier molecular flexibility index (Phi) is 4.33. The molecule has 0 unspecified atom stereocenters. The second kappa shape index (κ2) is 5.33. The van der Waals surface area contributed by atoms with Crippen LogP contribution >= 0.6 is 11.3 Å². The van der Waals surface area contributed by atoms with Gasteiger partial charge < -0.3 is 5.73 Å². The molecule has 0 amide bonds. The molecule has 0 aliphatic carbocycles. The third kappa shape index (κ3) is 2.95. The van der Waals surface area contributed by atoms with Gasteiger partial charge in [-0.2, -0.15) is 0 Å². The van der Waals surface area contributed by atoms with E-state index in [1.807, 2.05) is 11.3 Å². The Morgan fingerprint density at radius 1 is 1.25 bits per heavy atom. The zero-order chi connectivity index (χ0) is 8.81. The summed E-state index contributed by atoms with van der Waals surface area (Å²) in [6, 6.07) is 4.49. The predicted molar refractivity (Wildman–Crippen MR) is 55.7 cm³/mol. The van der Waals surface area contributed by atoms with Gasteiger partial charge in [-0.15, -0.1) is 11.3 Å². The molecule has 2 N–H and O–H groups in total. The van der Waals surface area contributed by atoms with E-state index in [1.54, 1.807) is 0 Å². The minimum Gasteiger partial charge on any atom is -0.330 e. The molecule has 0 aliphatic heterocycles. The molecule has 1 aromatic rings. The lowest BCUT2D eigenvalue weighted by Gasteiger charge is -1.94. The van der Waals surface area contributed by atoms with Gasteiger partial charge in [-0.3, -0.25) is 0 Å². The molecule has 12 heavy (non-hydrogen) atoms. The van der Waals surface area contributed by atoms with Crippen molar-refractivity contribution in [2.75, 3.05) is 6.54 Å². The van der Waals surface area contributed by atoms with Gasteiger partial charge in [-0.05, 0) is 44.4 Å². The van der Waals surface area contributed by atoms with Crippen molar-refractivity contribution < 1.29 is 0 Å². The molecule has 2 heteroatoms. The largest absolute Gasteiger partial charge is 0.330 e. The lowest BCUT2D eigenvalue weighted by atomic mass is 10.2. The van der Waals surface area contributed by atoms with Crippen molar-refractivity contribution in [3.63, 3.8) is 0 Å². The molecule has 0 aromatic carbocycles. The monoisotopic (exact) mass is 183 g/mol. The van der Waals surface area contributed by atoms with Crippen molar-refractivity contribution in [3.05, 3.63) is 21.9 Å². The Morgan fingerprint density at radius 2 is 2.00 bits per heavy atom. The summed E-state index contributed by atoms with van der Waals surface area (Å²) in [6.45, 7) is 3.03. The van der Waals surface area contributed by atoms with Crippen LogP contribution in [0.4, 0.5) is 0 Å². The molecule has 0 spiro atoms. The van der Waals surface area contributed by atoms with Gasteiger partial charge in [0.15, 0.2) is 0 Å². The van der Waals surface area contributed by atoms with E-state index in [-0.39, 0.29) is 0 Å². The molecule has 1 aromatic heterocycles. The summed E-state index contributed by atoms with van der Waals surface area (Å²) >= 11 is 1.94. The fourth-order valence-corrected chi connectivity index (χ4v) is 2.19. The van der Waals surface area contributed by atoms with Crippen LogP contribution in [0.2, 0.25) is 0 Å². The predicted octanol–water partition coefficient (Wildman–Crippen LogP) is 2.59. The smallest absolute Gasteiger partial charge is 0.00481 e. The molecular weight excluding hydrogens is 166 g/mol. The maximum atomic E-state index is 5.43. The van der Waals surface area contributed by atoms with Gasteiger partial charge >= 0.3 is 0 Å². The highest BCUT2D eigenvalue weighted by atomic mass is 32.1. The Bertz CT molecular complexity index is 217. The van der Waals surface area contributed by atoms with Gasteiger partial charge in [-0.1, -0.05) is 6.92 Å². The lowest BCUT2D eigenvalue weighted by molar-refractivity contribution is 0.751. The molecule has 0 aliphatic rings. The fraction of sp³-hybridized carbons (Fsp3) is 0.600. The van der Waals surface area contributed by atoms with E-state index in [0.717, 1.165) is 13.0 Å². The van der Waals surface area contributed by atoms with Crippen molar-refractivity contribution in [1.29, 1.82) is 0 Å². The molecule has 0 atom stereocenters. The molecule has 68 valence electrons. The van der Waals surface area contributed by atoms with Gasteiger partial charge in [0.2, 0.25) is 0 Å². The summed E-state index contributed by atoms with van der Waals surface area (Å²) in [5.74, 6) is 0. The summed E-state index contributed by atoms with van der Waals surface area (Å²) in [5.41, 5.74) is 5.43. The van der Waals surface area contributed by atoms with E-state index in [9.17, 15) is 0 Å². The second-order valence-electron chi connectivity index (χ2n) is 2.97. The van der Waals surface area contributed by atoms with Crippen LogP contribution in [0.25, 0.3) is 0 Å². The highest BCUT2D eigenvalue weighted by Crippen LogP contribution is 2.18. The minimum absolute atomic E-state index is 0.825. The number of rotatable bonds is 5. The Hall–Kier alpha value is -0.340. The first-order valence-corrected chi connectivity index (χ1v) is 5.46. The number of hydrogen-bond donors (Lipinski definition) is 1. The van der Waals surface area contributed by atoms with Gasteiger partial charge in [0.05, 0.1) is 0 Å². The van der Waals surface area contributed by atoms with Crippen LogP contribution in [-0.2, 0) is 12.8 Å². The van der Waals surface area contributed by atoms with Gasteiger partial charge in [0.1, 0.15) is 0 Å². The van der Waals surface area contributed by atoms with Gasteiger partial charge in [0, 0.05) is 9.75 Å². The maximum absolute atomic E-state index is 5.43. The molecule has 0 bridgehead atoms. The van der Waals surface area contributed by atoms with Crippen LogP contribution in [0.1, 0.15) is 29.5 Å². The van der Waals surface area contributed by atoms with Gasteiger partial charge in [-0.25, -0.2) is 0 Å². The second-order valence-corrected chi connectivity index (χ2v) is 4.22. The molecule has 1 rings (SSSR count). The van der Waals surface area contributed by atoms with E-state index < -0.39 is 0 Å². The molecule has 0 saturated carbocycles. The van der Waals surface area contributed by atoms with Crippen LogP contribution in [0, 0.1) is 0 Å². The standard InChI is InChI=1S/C10H17NS/c1-2-9-6-7-10(12-9)5-3-4-8-11/h6-7H,2-5,8,11H2,1H3. The summed E-state index contributed by atoms with van der Waals surface area (Å²) in [7, 11) is 0. The fourth-order valence-electron chi connectivity index (χ4n) is 1.19. The molecule has 1 nitrogen and oxygen atoms in total. The Balaban J connectivity index is 2.31. The van der Waals surface area contributed by atoms with E-state index >= 15 is 0 Å². The Labute approximate surface area is 78.6 Å².